The van der Waals surface area contributed by atoms with Gasteiger partial charge >= 0.3 is 0 Å². The van der Waals surface area contributed by atoms with Crippen molar-refractivity contribution in [1.29, 1.82) is 0 Å². The van der Waals surface area contributed by atoms with Gasteiger partial charge in [-0.3, -0.25) is 0 Å². The first kappa shape index (κ1) is 10.5. The fraction of sp³-hybridized carbons (Fsp3) is 0. The molecule has 0 unspecified atom stereocenters. The Morgan fingerprint density at radius 1 is 1.11 bits per heavy atom. The van der Waals surface area contributed by atoms with E-state index in [0.29, 0.717) is 0 Å². The van der Waals surface area contributed by atoms with Crippen molar-refractivity contribution in [1.82, 2.24) is 9.38 Å². The highest BCUT2D eigenvalue weighted by Crippen LogP contribution is 2.19. The minimum atomic E-state index is 0.852. The molecule has 0 amide bonds. The van der Waals surface area contributed by atoms with E-state index >= 15 is 0 Å². The number of benzene rings is 1. The molecule has 0 aliphatic rings. The summed E-state index contributed by atoms with van der Waals surface area (Å²) < 4.78 is 1.98. The summed E-state index contributed by atoms with van der Waals surface area (Å²) in [5.41, 5.74) is 3.74. The van der Waals surface area contributed by atoms with Crippen molar-refractivity contribution in [2.45, 2.75) is 0 Å². The first-order chi connectivity index (χ1) is 8.86. The van der Waals surface area contributed by atoms with Crippen LogP contribution in [0.2, 0.25) is 0 Å². The summed E-state index contributed by atoms with van der Waals surface area (Å²) in [5, 5.41) is 11.5. The Balaban J connectivity index is 2.03. The van der Waals surface area contributed by atoms with Crippen LogP contribution in [-0.4, -0.2) is 20.8 Å². The Bertz CT molecular complexity index is 665. The molecule has 88 valence electrons. The molecule has 0 aliphatic carbocycles. The first-order valence-corrected chi connectivity index (χ1v) is 5.58. The van der Waals surface area contributed by atoms with Gasteiger partial charge < -0.3 is 9.61 Å². The number of imidazole rings is 1. The van der Waals surface area contributed by atoms with Crippen LogP contribution in [-0.2, 0) is 0 Å². The quantitative estimate of drug-likeness (QED) is 0.423. The van der Waals surface area contributed by atoms with Crippen LogP contribution in [0.15, 0.2) is 60.0 Å². The van der Waals surface area contributed by atoms with E-state index in [1.54, 1.807) is 0 Å². The normalized spacial score (nSPS) is 11.3. The lowest BCUT2D eigenvalue weighted by Gasteiger charge is -1.96. The fourth-order valence-corrected chi connectivity index (χ4v) is 1.88. The van der Waals surface area contributed by atoms with E-state index in [-0.39, 0.29) is 0 Å². The van der Waals surface area contributed by atoms with E-state index in [1.807, 2.05) is 59.3 Å². The van der Waals surface area contributed by atoms with Gasteiger partial charge in [0.1, 0.15) is 5.65 Å². The highest BCUT2D eigenvalue weighted by Gasteiger charge is 2.03. The molecule has 4 heteroatoms. The van der Waals surface area contributed by atoms with Gasteiger partial charge in [0, 0.05) is 18.0 Å². The van der Waals surface area contributed by atoms with Crippen LogP contribution >= 0.6 is 0 Å². The molecule has 18 heavy (non-hydrogen) atoms. The van der Waals surface area contributed by atoms with E-state index in [4.69, 9.17) is 5.21 Å². The Morgan fingerprint density at radius 2 is 1.94 bits per heavy atom. The maximum atomic E-state index is 8.46. The lowest BCUT2D eigenvalue weighted by atomic mass is 10.1. The molecule has 0 aliphatic heterocycles. The third-order valence-corrected chi connectivity index (χ3v) is 2.78. The molecule has 0 saturated heterocycles. The molecule has 1 aromatic carbocycles. The number of oxime groups is 1. The summed E-state index contributed by atoms with van der Waals surface area (Å²) in [6, 6.07) is 13.6. The van der Waals surface area contributed by atoms with Gasteiger partial charge in [0.15, 0.2) is 0 Å². The second-order valence-corrected chi connectivity index (χ2v) is 3.96. The molecule has 0 radical (unpaired) electrons. The standard InChI is InChI=1S/C14H11N3O/c18-15-9-11-4-6-12(7-5-11)13-10-17-8-2-1-3-14(17)16-13/h1-10,18H. The van der Waals surface area contributed by atoms with E-state index in [0.717, 1.165) is 22.5 Å². The Hall–Kier alpha value is -2.62. The lowest BCUT2D eigenvalue weighted by molar-refractivity contribution is 0.322. The number of aromatic nitrogens is 2. The molecule has 1 N–H and O–H groups in total. The molecule has 0 bridgehead atoms. The summed E-state index contributed by atoms with van der Waals surface area (Å²) in [7, 11) is 0. The average Bonchev–Trinajstić information content (AvgIpc) is 2.84. The zero-order valence-corrected chi connectivity index (χ0v) is 9.56. The van der Waals surface area contributed by atoms with Crippen LogP contribution < -0.4 is 0 Å². The van der Waals surface area contributed by atoms with Crippen molar-refractivity contribution >= 4 is 11.9 Å². The molecule has 0 fully saturated rings. The van der Waals surface area contributed by atoms with Crippen molar-refractivity contribution in [3.05, 3.63) is 60.4 Å². The molecule has 0 spiro atoms. The minimum absolute atomic E-state index is 0.852. The smallest absolute Gasteiger partial charge is 0.137 e. The monoisotopic (exact) mass is 237 g/mol. The highest BCUT2D eigenvalue weighted by atomic mass is 16.4. The summed E-state index contributed by atoms with van der Waals surface area (Å²) in [5.74, 6) is 0. The largest absolute Gasteiger partial charge is 0.411 e. The van der Waals surface area contributed by atoms with Crippen molar-refractivity contribution in [3.63, 3.8) is 0 Å². The van der Waals surface area contributed by atoms with Gasteiger partial charge in [-0.2, -0.15) is 0 Å². The van der Waals surface area contributed by atoms with Crippen LogP contribution in [0.3, 0.4) is 0 Å². The van der Waals surface area contributed by atoms with Crippen molar-refractivity contribution in [2.75, 3.05) is 0 Å². The number of hydrogen-bond acceptors (Lipinski definition) is 3. The van der Waals surface area contributed by atoms with Crippen molar-refractivity contribution < 1.29 is 5.21 Å². The molecule has 3 rings (SSSR count). The van der Waals surface area contributed by atoms with Gasteiger partial charge in [-0.25, -0.2) is 4.98 Å². The number of nitrogens with zero attached hydrogens (tertiary/aromatic N) is 3. The molecular weight excluding hydrogens is 226 g/mol. The summed E-state index contributed by atoms with van der Waals surface area (Å²) >= 11 is 0. The zero-order chi connectivity index (χ0) is 12.4. The molecule has 2 heterocycles. The first-order valence-electron chi connectivity index (χ1n) is 5.58. The second kappa shape index (κ2) is 4.33. The van der Waals surface area contributed by atoms with E-state index in [9.17, 15) is 0 Å². The van der Waals surface area contributed by atoms with Gasteiger partial charge in [-0.1, -0.05) is 35.5 Å². The average molecular weight is 237 g/mol. The molecule has 3 aromatic rings. The van der Waals surface area contributed by atoms with Crippen LogP contribution in [0, 0.1) is 0 Å². The Labute approximate surface area is 104 Å². The molecule has 4 nitrogen and oxygen atoms in total. The molecule has 2 aromatic heterocycles. The number of fused-ring (bicyclic) bond motifs is 1. The number of rotatable bonds is 2. The number of hydrogen-bond donors (Lipinski definition) is 1. The minimum Gasteiger partial charge on any atom is -0.411 e. The third kappa shape index (κ3) is 1.84. The second-order valence-electron chi connectivity index (χ2n) is 3.96. The topological polar surface area (TPSA) is 49.9 Å². The predicted molar refractivity (Wildman–Crippen MR) is 70.0 cm³/mol. The maximum Gasteiger partial charge on any atom is 0.137 e. The van der Waals surface area contributed by atoms with Gasteiger partial charge in [-0.05, 0) is 17.7 Å². The molecular formula is C14H11N3O. The highest BCUT2D eigenvalue weighted by molar-refractivity contribution is 5.80. The van der Waals surface area contributed by atoms with Crippen molar-refractivity contribution in [2.24, 2.45) is 5.16 Å². The zero-order valence-electron chi connectivity index (χ0n) is 9.56. The van der Waals surface area contributed by atoms with Gasteiger partial charge in [0.05, 0.1) is 11.9 Å². The van der Waals surface area contributed by atoms with E-state index in [2.05, 4.69) is 10.1 Å². The van der Waals surface area contributed by atoms with Gasteiger partial charge in [0.25, 0.3) is 0 Å². The molecule has 0 saturated carbocycles. The summed E-state index contributed by atoms with van der Waals surface area (Å²) in [6.07, 6.45) is 5.36. The van der Waals surface area contributed by atoms with Crippen LogP contribution in [0.25, 0.3) is 16.9 Å². The van der Waals surface area contributed by atoms with E-state index < -0.39 is 0 Å². The van der Waals surface area contributed by atoms with Crippen LogP contribution in [0.1, 0.15) is 5.56 Å². The Morgan fingerprint density at radius 3 is 2.67 bits per heavy atom. The lowest BCUT2D eigenvalue weighted by Crippen LogP contribution is -1.82. The van der Waals surface area contributed by atoms with Crippen molar-refractivity contribution in [3.8, 4) is 11.3 Å². The van der Waals surface area contributed by atoms with Crippen LogP contribution in [0.4, 0.5) is 0 Å². The summed E-state index contributed by atoms with van der Waals surface area (Å²) in [6.45, 7) is 0. The predicted octanol–water partition coefficient (Wildman–Crippen LogP) is 2.81. The molecule has 0 atom stereocenters. The summed E-state index contributed by atoms with van der Waals surface area (Å²) in [4.78, 5) is 4.54. The maximum absolute atomic E-state index is 8.46. The fourth-order valence-electron chi connectivity index (χ4n) is 1.88. The number of pyridine rings is 1. The van der Waals surface area contributed by atoms with Gasteiger partial charge in [0.2, 0.25) is 0 Å². The van der Waals surface area contributed by atoms with E-state index in [1.165, 1.54) is 6.21 Å². The SMILES string of the molecule is ON=Cc1ccc(-c2cn3ccccc3n2)cc1. The van der Waals surface area contributed by atoms with Crippen LogP contribution in [0.5, 0.6) is 0 Å². The van der Waals surface area contributed by atoms with Gasteiger partial charge in [-0.15, -0.1) is 0 Å². The third-order valence-electron chi connectivity index (χ3n) is 2.78. The Kier molecular flexibility index (Phi) is 2.53.